The van der Waals surface area contributed by atoms with Gasteiger partial charge in [-0.25, -0.2) is 0 Å². The lowest BCUT2D eigenvalue weighted by Crippen LogP contribution is -2.10. The van der Waals surface area contributed by atoms with Crippen LogP contribution in [-0.4, -0.2) is 43.9 Å². The van der Waals surface area contributed by atoms with E-state index in [2.05, 4.69) is 25.0 Å². The highest BCUT2D eigenvalue weighted by atomic mass is 16.5. The molecule has 2 aromatic heterocycles. The highest BCUT2D eigenvalue weighted by Crippen LogP contribution is 2.13. The van der Waals surface area contributed by atoms with Crippen LogP contribution in [0.1, 0.15) is 5.82 Å². The van der Waals surface area contributed by atoms with E-state index in [-0.39, 0.29) is 23.9 Å². The first kappa shape index (κ1) is 11.0. The molecule has 0 aromatic carbocycles. The molecule has 0 spiro atoms. The van der Waals surface area contributed by atoms with Crippen LogP contribution in [0.3, 0.4) is 0 Å². The summed E-state index contributed by atoms with van der Waals surface area (Å²) in [6.45, 7) is 1.71. The Morgan fingerprint density at radius 2 is 1.59 bits per heavy atom. The molecular weight excluding hydrogens is 226 g/mol. The van der Waals surface area contributed by atoms with Crippen LogP contribution >= 0.6 is 0 Å². The molecule has 0 amide bonds. The Morgan fingerprint density at radius 1 is 1.00 bits per heavy atom. The van der Waals surface area contributed by atoms with E-state index in [1.54, 1.807) is 6.92 Å². The summed E-state index contributed by atoms with van der Waals surface area (Å²) in [7, 11) is 2.88. The van der Waals surface area contributed by atoms with Gasteiger partial charge in [0.1, 0.15) is 5.82 Å². The van der Waals surface area contributed by atoms with Crippen LogP contribution in [0.25, 0.3) is 5.95 Å². The minimum Gasteiger partial charge on any atom is -0.467 e. The average molecular weight is 237 g/mol. The first-order valence-electron chi connectivity index (χ1n) is 4.67. The summed E-state index contributed by atoms with van der Waals surface area (Å²) in [5.41, 5.74) is 5.66. The Hall–Kier alpha value is -2.45. The van der Waals surface area contributed by atoms with E-state index in [0.717, 1.165) is 0 Å². The summed E-state index contributed by atoms with van der Waals surface area (Å²) in [4.78, 5) is 15.8. The molecule has 0 atom stereocenters. The molecule has 2 N–H and O–H groups in total. The Bertz CT molecular complexity index is 516. The van der Waals surface area contributed by atoms with Crippen LogP contribution in [0.2, 0.25) is 0 Å². The minimum atomic E-state index is 0.111. The smallest absolute Gasteiger partial charge is 0.324 e. The van der Waals surface area contributed by atoms with E-state index in [1.807, 2.05) is 0 Å². The Balaban J connectivity index is 2.54. The third kappa shape index (κ3) is 2.07. The Morgan fingerprint density at radius 3 is 2.00 bits per heavy atom. The van der Waals surface area contributed by atoms with Gasteiger partial charge in [-0.3, -0.25) is 0 Å². The second kappa shape index (κ2) is 4.20. The number of methoxy groups -OCH3 is 2. The quantitative estimate of drug-likeness (QED) is 0.749. The second-order valence-corrected chi connectivity index (χ2v) is 3.04. The van der Waals surface area contributed by atoms with Crippen molar-refractivity contribution in [3.05, 3.63) is 5.82 Å². The zero-order valence-corrected chi connectivity index (χ0v) is 9.58. The maximum absolute atomic E-state index is 5.66. The molecule has 17 heavy (non-hydrogen) atoms. The van der Waals surface area contributed by atoms with Gasteiger partial charge in [0.25, 0.3) is 5.95 Å². The molecular formula is C8H11N7O2. The molecule has 0 saturated heterocycles. The number of rotatable bonds is 3. The second-order valence-electron chi connectivity index (χ2n) is 3.04. The van der Waals surface area contributed by atoms with Crippen molar-refractivity contribution < 1.29 is 9.47 Å². The van der Waals surface area contributed by atoms with E-state index in [1.165, 1.54) is 18.9 Å². The number of ether oxygens (including phenoxy) is 2. The largest absolute Gasteiger partial charge is 0.467 e. The van der Waals surface area contributed by atoms with E-state index < -0.39 is 0 Å². The molecule has 9 heteroatoms. The predicted molar refractivity (Wildman–Crippen MR) is 57.0 cm³/mol. The molecule has 0 unspecified atom stereocenters. The molecule has 0 aliphatic carbocycles. The summed E-state index contributed by atoms with van der Waals surface area (Å²) in [5.74, 6) is 0.880. The molecule has 2 heterocycles. The van der Waals surface area contributed by atoms with Gasteiger partial charge in [-0.1, -0.05) is 0 Å². The molecule has 0 aliphatic heterocycles. The van der Waals surface area contributed by atoms with Crippen molar-refractivity contribution in [3.8, 4) is 18.0 Å². The molecule has 90 valence electrons. The van der Waals surface area contributed by atoms with Crippen molar-refractivity contribution in [1.82, 2.24) is 29.7 Å². The molecule has 2 aromatic rings. The van der Waals surface area contributed by atoms with Crippen molar-refractivity contribution in [3.63, 3.8) is 0 Å². The van der Waals surface area contributed by atoms with Gasteiger partial charge in [-0.2, -0.15) is 19.6 Å². The third-order valence-electron chi connectivity index (χ3n) is 1.88. The zero-order valence-electron chi connectivity index (χ0n) is 9.58. The summed E-state index contributed by atoms with van der Waals surface area (Å²) < 4.78 is 11.1. The number of anilines is 1. The van der Waals surface area contributed by atoms with Gasteiger partial charge in [0.05, 0.1) is 14.2 Å². The van der Waals surface area contributed by atoms with Crippen LogP contribution in [0, 0.1) is 6.92 Å². The number of nitrogens with two attached hydrogens (primary N) is 1. The van der Waals surface area contributed by atoms with Crippen LogP contribution in [0.4, 0.5) is 5.95 Å². The highest BCUT2D eigenvalue weighted by Gasteiger charge is 2.13. The molecule has 0 fully saturated rings. The lowest BCUT2D eigenvalue weighted by atomic mass is 10.8. The minimum absolute atomic E-state index is 0.111. The van der Waals surface area contributed by atoms with E-state index in [4.69, 9.17) is 15.2 Å². The Labute approximate surface area is 96.6 Å². The van der Waals surface area contributed by atoms with Gasteiger partial charge < -0.3 is 15.2 Å². The zero-order chi connectivity index (χ0) is 12.4. The maximum Gasteiger partial charge on any atom is 0.324 e. The van der Waals surface area contributed by atoms with E-state index >= 15 is 0 Å². The van der Waals surface area contributed by atoms with Gasteiger partial charge >= 0.3 is 12.0 Å². The fraction of sp³-hybridized carbons (Fsp3) is 0.375. The van der Waals surface area contributed by atoms with Gasteiger partial charge in [-0.05, 0) is 6.92 Å². The van der Waals surface area contributed by atoms with E-state index in [9.17, 15) is 0 Å². The summed E-state index contributed by atoms with van der Waals surface area (Å²) in [6.07, 6.45) is 0. The number of hydrogen-bond donors (Lipinski definition) is 1. The molecule has 0 saturated carbocycles. The SMILES string of the molecule is COc1nc(OC)nc(-n2nc(C)nc2N)n1. The van der Waals surface area contributed by atoms with Crippen LogP contribution in [0.15, 0.2) is 0 Å². The van der Waals surface area contributed by atoms with Gasteiger partial charge in [0, 0.05) is 0 Å². The maximum atomic E-state index is 5.66. The fourth-order valence-corrected chi connectivity index (χ4v) is 1.18. The average Bonchev–Trinajstić information content (AvgIpc) is 2.67. The number of hydrogen-bond acceptors (Lipinski definition) is 8. The van der Waals surface area contributed by atoms with Gasteiger partial charge in [0.2, 0.25) is 5.95 Å². The highest BCUT2D eigenvalue weighted by molar-refractivity contribution is 5.27. The number of aryl methyl sites for hydroxylation is 1. The number of nitrogen functional groups attached to an aromatic ring is 1. The van der Waals surface area contributed by atoms with Gasteiger partial charge in [0.15, 0.2) is 0 Å². The lowest BCUT2D eigenvalue weighted by Gasteiger charge is -2.04. The first-order valence-corrected chi connectivity index (χ1v) is 4.67. The van der Waals surface area contributed by atoms with Crippen molar-refractivity contribution in [1.29, 1.82) is 0 Å². The first-order chi connectivity index (χ1) is 8.13. The van der Waals surface area contributed by atoms with Gasteiger partial charge in [-0.15, -0.1) is 10.1 Å². The Kier molecular flexibility index (Phi) is 2.73. The molecule has 0 bridgehead atoms. The summed E-state index contributed by atoms with van der Waals surface area (Å²) >= 11 is 0. The number of nitrogens with zero attached hydrogens (tertiary/aromatic N) is 6. The predicted octanol–water partition coefficient (Wildman–Crippen LogP) is -0.640. The monoisotopic (exact) mass is 237 g/mol. The van der Waals surface area contributed by atoms with Crippen molar-refractivity contribution >= 4 is 5.95 Å². The lowest BCUT2D eigenvalue weighted by molar-refractivity contribution is 0.338. The number of aromatic nitrogens is 6. The van der Waals surface area contributed by atoms with Crippen molar-refractivity contribution in [2.24, 2.45) is 0 Å². The summed E-state index contributed by atoms with van der Waals surface area (Å²) in [5, 5.41) is 4.05. The molecule has 0 radical (unpaired) electrons. The molecule has 0 aliphatic rings. The molecule has 9 nitrogen and oxygen atoms in total. The fourth-order valence-electron chi connectivity index (χ4n) is 1.18. The normalized spacial score (nSPS) is 10.3. The third-order valence-corrected chi connectivity index (χ3v) is 1.88. The topological polar surface area (TPSA) is 114 Å². The van der Waals surface area contributed by atoms with E-state index in [0.29, 0.717) is 5.82 Å². The van der Waals surface area contributed by atoms with Crippen LogP contribution in [-0.2, 0) is 0 Å². The molecule has 2 rings (SSSR count). The van der Waals surface area contributed by atoms with Crippen molar-refractivity contribution in [2.45, 2.75) is 6.92 Å². The van der Waals surface area contributed by atoms with Crippen LogP contribution < -0.4 is 15.2 Å². The summed E-state index contributed by atoms with van der Waals surface area (Å²) in [6, 6.07) is 0.221. The van der Waals surface area contributed by atoms with Crippen LogP contribution in [0.5, 0.6) is 12.0 Å². The van der Waals surface area contributed by atoms with Crippen molar-refractivity contribution in [2.75, 3.05) is 20.0 Å². The standard InChI is InChI=1S/C8H11N7O2/c1-4-10-5(9)15(14-4)6-11-7(16-2)13-8(12-6)17-3/h1-3H3,(H2,9,10,14).